The average Bonchev–Trinajstić information content (AvgIpc) is 2.69. The molecule has 1 heterocycles. The van der Waals surface area contributed by atoms with Crippen LogP contribution in [0, 0.1) is 0 Å². The number of thioether (sulfide) groups is 1. The summed E-state index contributed by atoms with van der Waals surface area (Å²) in [5.74, 6) is 0.758. The minimum absolute atomic E-state index is 0.758. The normalized spacial score (nSPS) is 17.7. The Morgan fingerprint density at radius 2 is 2.50 bits per heavy atom. The van der Waals surface area contributed by atoms with E-state index in [0.29, 0.717) is 0 Å². The van der Waals surface area contributed by atoms with Crippen LogP contribution in [0.2, 0.25) is 0 Å². The van der Waals surface area contributed by atoms with Crippen LogP contribution in [-0.2, 0) is 0 Å². The Morgan fingerprint density at radius 3 is 3.10 bits per heavy atom. The molecule has 0 N–H and O–H groups in total. The van der Waals surface area contributed by atoms with E-state index in [-0.39, 0.29) is 0 Å². The molecule has 0 aliphatic heterocycles. The van der Waals surface area contributed by atoms with Crippen LogP contribution in [0.3, 0.4) is 0 Å². The van der Waals surface area contributed by atoms with Crippen LogP contribution in [0.1, 0.15) is 24.3 Å². The summed E-state index contributed by atoms with van der Waals surface area (Å²) in [7, 11) is 0. The summed E-state index contributed by atoms with van der Waals surface area (Å²) in [6.45, 7) is 0. The summed E-state index contributed by atoms with van der Waals surface area (Å²) >= 11 is 1.64. The number of aromatic nitrogens is 1. The van der Waals surface area contributed by atoms with Crippen LogP contribution in [0.15, 0.2) is 15.8 Å². The highest BCUT2D eigenvalue weighted by atomic mass is 32.2. The maximum absolute atomic E-state index is 5.03. The zero-order valence-electron chi connectivity index (χ0n) is 5.83. The largest absolute Gasteiger partial charge is 0.350 e. The lowest BCUT2D eigenvalue weighted by Crippen LogP contribution is -1.74. The summed E-state index contributed by atoms with van der Waals surface area (Å²) in [6.07, 6.45) is 6.50. The fourth-order valence-corrected chi connectivity index (χ4v) is 1.63. The van der Waals surface area contributed by atoms with Crippen molar-refractivity contribution in [2.24, 2.45) is 0 Å². The van der Waals surface area contributed by atoms with Gasteiger partial charge in [0.25, 0.3) is 0 Å². The first-order valence-corrected chi connectivity index (χ1v) is 4.63. The molecule has 1 aromatic rings. The lowest BCUT2D eigenvalue weighted by molar-refractivity contribution is 0.347. The molecule has 10 heavy (non-hydrogen) atoms. The van der Waals surface area contributed by atoms with Crippen molar-refractivity contribution in [3.05, 3.63) is 11.8 Å². The van der Waals surface area contributed by atoms with E-state index in [1.807, 2.05) is 12.5 Å². The summed E-state index contributed by atoms with van der Waals surface area (Å²) in [5, 5.41) is 4.76. The molecule has 0 saturated heterocycles. The number of hydrogen-bond donors (Lipinski definition) is 0. The second kappa shape index (κ2) is 2.31. The van der Waals surface area contributed by atoms with E-state index in [2.05, 4.69) is 5.16 Å². The highest BCUT2D eigenvalue weighted by Gasteiger charge is 2.28. The lowest BCUT2D eigenvalue weighted by Gasteiger charge is -1.90. The van der Waals surface area contributed by atoms with E-state index in [9.17, 15) is 0 Å². The van der Waals surface area contributed by atoms with Crippen molar-refractivity contribution < 1.29 is 4.52 Å². The van der Waals surface area contributed by atoms with Gasteiger partial charge in [-0.25, -0.2) is 0 Å². The van der Waals surface area contributed by atoms with Gasteiger partial charge in [0.2, 0.25) is 0 Å². The van der Waals surface area contributed by atoms with Gasteiger partial charge in [-0.1, -0.05) is 16.9 Å². The summed E-state index contributed by atoms with van der Waals surface area (Å²) in [6, 6.07) is 0. The van der Waals surface area contributed by atoms with Crippen molar-refractivity contribution in [1.29, 1.82) is 0 Å². The number of nitrogens with zero attached hydrogens (tertiary/aromatic N) is 1. The van der Waals surface area contributed by atoms with Gasteiger partial charge in [-0.05, 0) is 25.0 Å². The molecule has 0 amide bonds. The van der Waals surface area contributed by atoms with Crippen molar-refractivity contribution in [3.63, 3.8) is 0 Å². The van der Waals surface area contributed by atoms with Gasteiger partial charge in [0, 0.05) is 5.56 Å². The zero-order valence-corrected chi connectivity index (χ0v) is 6.65. The van der Waals surface area contributed by atoms with Gasteiger partial charge in [-0.3, -0.25) is 0 Å². The lowest BCUT2D eigenvalue weighted by atomic mass is 10.2. The third-order valence-electron chi connectivity index (χ3n) is 1.77. The van der Waals surface area contributed by atoms with Gasteiger partial charge in [0.15, 0.2) is 5.09 Å². The van der Waals surface area contributed by atoms with Gasteiger partial charge in [0.05, 0.1) is 6.20 Å². The molecule has 1 aromatic heterocycles. The van der Waals surface area contributed by atoms with Crippen molar-refractivity contribution in [2.45, 2.75) is 23.9 Å². The molecule has 3 heteroatoms. The number of hydrogen-bond acceptors (Lipinski definition) is 3. The second-order valence-corrected chi connectivity index (χ2v) is 3.33. The second-order valence-electron chi connectivity index (χ2n) is 2.55. The molecule has 1 aliphatic rings. The first-order chi connectivity index (χ1) is 4.92. The van der Waals surface area contributed by atoms with E-state index in [1.54, 1.807) is 11.8 Å². The van der Waals surface area contributed by atoms with E-state index in [4.69, 9.17) is 4.52 Å². The molecule has 0 radical (unpaired) electrons. The van der Waals surface area contributed by atoms with Crippen LogP contribution in [0.4, 0.5) is 0 Å². The molecule has 0 unspecified atom stereocenters. The van der Waals surface area contributed by atoms with Crippen LogP contribution in [-0.4, -0.2) is 11.4 Å². The highest BCUT2D eigenvalue weighted by molar-refractivity contribution is 7.98. The number of rotatable bonds is 2. The Kier molecular flexibility index (Phi) is 1.45. The molecule has 1 fully saturated rings. The van der Waals surface area contributed by atoms with Crippen LogP contribution < -0.4 is 0 Å². The molecule has 1 aliphatic carbocycles. The van der Waals surface area contributed by atoms with E-state index < -0.39 is 0 Å². The Hall–Kier alpha value is -0.440. The molecule has 0 aromatic carbocycles. The van der Waals surface area contributed by atoms with Crippen molar-refractivity contribution >= 4 is 11.8 Å². The smallest absolute Gasteiger partial charge is 0.196 e. The molecule has 1 saturated carbocycles. The van der Waals surface area contributed by atoms with Crippen LogP contribution in [0.5, 0.6) is 0 Å². The molecule has 2 nitrogen and oxygen atoms in total. The average molecular weight is 155 g/mol. The fraction of sp³-hybridized carbons (Fsp3) is 0.571. The first kappa shape index (κ1) is 6.28. The Balaban J connectivity index is 2.28. The highest BCUT2D eigenvalue weighted by Crippen LogP contribution is 2.43. The van der Waals surface area contributed by atoms with Crippen LogP contribution >= 0.6 is 11.8 Å². The van der Waals surface area contributed by atoms with E-state index in [1.165, 1.54) is 18.4 Å². The summed E-state index contributed by atoms with van der Waals surface area (Å²) < 4.78 is 5.03. The quantitative estimate of drug-likeness (QED) is 0.613. The van der Waals surface area contributed by atoms with E-state index >= 15 is 0 Å². The predicted octanol–water partition coefficient (Wildman–Crippen LogP) is 2.27. The predicted molar refractivity (Wildman–Crippen MR) is 40.3 cm³/mol. The van der Waals surface area contributed by atoms with Gasteiger partial charge in [0.1, 0.15) is 0 Å². The summed E-state index contributed by atoms with van der Waals surface area (Å²) in [4.78, 5) is 0. The Labute approximate surface area is 64.0 Å². The molecular formula is C7H9NOS. The minimum Gasteiger partial charge on any atom is -0.350 e. The Morgan fingerprint density at radius 1 is 1.70 bits per heavy atom. The van der Waals surface area contributed by atoms with Crippen molar-refractivity contribution in [1.82, 2.24) is 5.16 Å². The van der Waals surface area contributed by atoms with Gasteiger partial charge in [-0.2, -0.15) is 0 Å². The molecule has 0 atom stereocenters. The molecular weight excluding hydrogens is 146 g/mol. The molecule has 54 valence electrons. The summed E-state index contributed by atoms with van der Waals surface area (Å²) in [5.41, 5.74) is 1.31. The maximum Gasteiger partial charge on any atom is 0.196 e. The monoisotopic (exact) mass is 155 g/mol. The molecule has 0 spiro atoms. The third kappa shape index (κ3) is 0.944. The van der Waals surface area contributed by atoms with Gasteiger partial charge in [-0.15, -0.1) is 0 Å². The van der Waals surface area contributed by atoms with Gasteiger partial charge >= 0.3 is 0 Å². The maximum atomic E-state index is 5.03. The standard InChI is InChI=1S/C7H9NOS/c1-10-7-6(4-8-9-7)5-2-3-5/h4-5H,2-3H2,1H3. The third-order valence-corrected chi connectivity index (χ3v) is 2.45. The van der Waals surface area contributed by atoms with Crippen LogP contribution in [0.25, 0.3) is 0 Å². The topological polar surface area (TPSA) is 26.0 Å². The van der Waals surface area contributed by atoms with Gasteiger partial charge < -0.3 is 4.52 Å². The Bertz CT molecular complexity index is 229. The zero-order chi connectivity index (χ0) is 6.97. The molecule has 0 bridgehead atoms. The fourth-order valence-electron chi connectivity index (χ4n) is 1.06. The minimum atomic E-state index is 0.758. The van der Waals surface area contributed by atoms with Crippen molar-refractivity contribution in [2.75, 3.05) is 6.26 Å². The SMILES string of the molecule is CSc1oncc1C1CC1. The van der Waals surface area contributed by atoms with Crippen molar-refractivity contribution in [3.8, 4) is 0 Å². The molecule has 2 rings (SSSR count). The van der Waals surface area contributed by atoms with E-state index in [0.717, 1.165) is 11.0 Å². The first-order valence-electron chi connectivity index (χ1n) is 3.40.